The summed E-state index contributed by atoms with van der Waals surface area (Å²) in [5.74, 6) is 1.13. The molecule has 1 rings (SSSR count). The first-order valence-corrected chi connectivity index (χ1v) is 9.09. The highest BCUT2D eigenvalue weighted by molar-refractivity contribution is 14.0. The van der Waals surface area contributed by atoms with Crippen molar-refractivity contribution < 1.29 is 8.42 Å². The fourth-order valence-electron chi connectivity index (χ4n) is 1.98. The van der Waals surface area contributed by atoms with Crippen LogP contribution in [-0.2, 0) is 16.6 Å². The molecule has 0 fully saturated rings. The molecule has 0 atom stereocenters. The minimum absolute atomic E-state index is 0. The lowest BCUT2D eigenvalue weighted by atomic mass is 10.2. The van der Waals surface area contributed by atoms with E-state index in [-0.39, 0.29) is 34.8 Å². The van der Waals surface area contributed by atoms with Crippen molar-refractivity contribution >= 4 is 40.0 Å². The number of sulfonamides is 1. The van der Waals surface area contributed by atoms with Gasteiger partial charge in [-0.05, 0) is 23.6 Å². The summed E-state index contributed by atoms with van der Waals surface area (Å²) in [5, 5.41) is 0. The Balaban J connectivity index is 0.00000529. The molecule has 0 unspecified atom stereocenters. The molecule has 0 amide bonds. The molecule has 0 radical (unpaired) electrons. The molecule has 8 heteroatoms. The summed E-state index contributed by atoms with van der Waals surface area (Å²) in [6.07, 6.45) is 0. The summed E-state index contributed by atoms with van der Waals surface area (Å²) in [7, 11) is 4.33. The Morgan fingerprint density at radius 2 is 1.58 bits per heavy atom. The molecule has 6 nitrogen and oxygen atoms in total. The third kappa shape index (κ3) is 7.35. The second kappa shape index (κ2) is 10.2. The van der Waals surface area contributed by atoms with Crippen molar-refractivity contribution in [3.8, 4) is 0 Å². The first-order chi connectivity index (χ1) is 10.6. The third-order valence-corrected chi connectivity index (χ3v) is 4.56. The van der Waals surface area contributed by atoms with Gasteiger partial charge in [0.15, 0.2) is 5.96 Å². The Morgan fingerprint density at radius 3 is 2.00 bits per heavy atom. The highest BCUT2D eigenvalue weighted by Gasteiger charge is 2.13. The molecule has 0 bridgehead atoms. The van der Waals surface area contributed by atoms with E-state index < -0.39 is 10.0 Å². The van der Waals surface area contributed by atoms with Gasteiger partial charge in [0.1, 0.15) is 0 Å². The van der Waals surface area contributed by atoms with E-state index in [2.05, 4.69) is 9.71 Å². The summed E-state index contributed by atoms with van der Waals surface area (Å²) in [6, 6.07) is 6.85. The normalized spacial score (nSPS) is 11.0. The highest BCUT2D eigenvalue weighted by Crippen LogP contribution is 2.12. The number of hydrogen-bond donors (Lipinski definition) is 1. The van der Waals surface area contributed by atoms with Crippen molar-refractivity contribution in [2.75, 3.05) is 34.7 Å². The average molecular weight is 468 g/mol. The zero-order valence-corrected chi connectivity index (χ0v) is 18.4. The molecule has 0 heterocycles. The van der Waals surface area contributed by atoms with Crippen LogP contribution >= 0.6 is 24.0 Å². The molecule has 0 spiro atoms. The van der Waals surface area contributed by atoms with Gasteiger partial charge in [-0.2, -0.15) is 0 Å². The maximum absolute atomic E-state index is 12.1. The number of benzene rings is 1. The Labute approximate surface area is 163 Å². The van der Waals surface area contributed by atoms with Crippen LogP contribution in [0.2, 0.25) is 0 Å². The van der Waals surface area contributed by atoms with E-state index in [0.29, 0.717) is 13.1 Å². The van der Waals surface area contributed by atoms with Crippen molar-refractivity contribution in [1.29, 1.82) is 0 Å². The molecule has 0 saturated carbocycles. The molecule has 1 N–H and O–H groups in total. The fourth-order valence-corrected chi connectivity index (χ4v) is 3.19. The number of aliphatic imine (C=N–C) groups is 1. The molecule has 1 aromatic rings. The lowest BCUT2D eigenvalue weighted by Crippen LogP contribution is -2.35. The van der Waals surface area contributed by atoms with Crippen LogP contribution in [0.15, 0.2) is 34.2 Å². The van der Waals surface area contributed by atoms with E-state index in [9.17, 15) is 8.42 Å². The maximum Gasteiger partial charge on any atom is 0.240 e. The first-order valence-electron chi connectivity index (χ1n) is 7.61. The van der Waals surface area contributed by atoms with Gasteiger partial charge in [-0.25, -0.2) is 18.1 Å². The lowest BCUT2D eigenvalue weighted by molar-refractivity contribution is 0.479. The predicted octanol–water partition coefficient (Wildman–Crippen LogP) is 2.22. The molecule has 0 aromatic heterocycles. The van der Waals surface area contributed by atoms with E-state index in [1.165, 1.54) is 0 Å². The second-order valence-electron chi connectivity index (χ2n) is 6.29. The molecule has 0 aliphatic rings. The molecular weight excluding hydrogens is 439 g/mol. The van der Waals surface area contributed by atoms with E-state index in [4.69, 9.17) is 0 Å². The summed E-state index contributed by atoms with van der Waals surface area (Å²) >= 11 is 0. The Kier molecular flexibility index (Phi) is 9.83. The van der Waals surface area contributed by atoms with Gasteiger partial charge in [0.2, 0.25) is 10.0 Å². The average Bonchev–Trinajstić information content (AvgIpc) is 2.45. The number of nitrogens with one attached hydrogen (secondary N) is 1. The quantitative estimate of drug-likeness (QED) is 0.395. The van der Waals surface area contributed by atoms with Crippen LogP contribution in [-0.4, -0.2) is 58.9 Å². The lowest BCUT2D eigenvalue weighted by Gasteiger charge is -2.22. The molecule has 138 valence electrons. The maximum atomic E-state index is 12.1. The zero-order chi connectivity index (χ0) is 17.6. The van der Waals surface area contributed by atoms with Crippen LogP contribution < -0.4 is 4.72 Å². The highest BCUT2D eigenvalue weighted by atomic mass is 127. The summed E-state index contributed by atoms with van der Waals surface area (Å²) < 4.78 is 26.9. The molecule has 0 saturated heterocycles. The SMILES string of the molecule is CC(C)CNS(=O)(=O)c1ccc(CN=C(N(C)C)N(C)C)cc1.I. The van der Waals surface area contributed by atoms with Crippen LogP contribution in [0.3, 0.4) is 0 Å². The number of rotatable bonds is 6. The molecule has 0 aliphatic heterocycles. The van der Waals surface area contributed by atoms with Gasteiger partial charge in [0, 0.05) is 34.7 Å². The van der Waals surface area contributed by atoms with Crippen LogP contribution in [0.1, 0.15) is 19.4 Å². The summed E-state index contributed by atoms with van der Waals surface area (Å²) in [5.41, 5.74) is 0.967. The molecule has 1 aromatic carbocycles. The van der Waals surface area contributed by atoms with Gasteiger partial charge in [-0.15, -0.1) is 24.0 Å². The number of guanidine groups is 1. The van der Waals surface area contributed by atoms with E-state index in [0.717, 1.165) is 11.5 Å². The van der Waals surface area contributed by atoms with Crippen LogP contribution in [0.4, 0.5) is 0 Å². The topological polar surface area (TPSA) is 65.0 Å². The van der Waals surface area contributed by atoms with E-state index in [1.54, 1.807) is 24.3 Å². The standard InChI is InChI=1S/C16H28N4O2S.HI/c1-13(2)11-18-23(21,22)15-9-7-14(8-10-15)12-17-16(19(3)4)20(5)6;/h7-10,13,18H,11-12H2,1-6H3;1H. The molecular formula is C16H29IN4O2S. The predicted molar refractivity (Wildman–Crippen MR) is 110 cm³/mol. The van der Waals surface area contributed by atoms with Gasteiger partial charge in [-0.1, -0.05) is 26.0 Å². The Hall–Kier alpha value is -0.870. The fraction of sp³-hybridized carbons (Fsp3) is 0.562. The minimum Gasteiger partial charge on any atom is -0.349 e. The summed E-state index contributed by atoms with van der Waals surface area (Å²) in [6.45, 7) is 4.88. The van der Waals surface area contributed by atoms with Crippen molar-refractivity contribution in [2.24, 2.45) is 10.9 Å². The number of hydrogen-bond acceptors (Lipinski definition) is 3. The van der Waals surface area contributed by atoms with Gasteiger partial charge < -0.3 is 9.80 Å². The molecule has 24 heavy (non-hydrogen) atoms. The first kappa shape index (κ1) is 23.1. The smallest absolute Gasteiger partial charge is 0.240 e. The summed E-state index contributed by atoms with van der Waals surface area (Å²) in [4.78, 5) is 8.71. The van der Waals surface area contributed by atoms with Crippen molar-refractivity contribution in [3.05, 3.63) is 29.8 Å². The van der Waals surface area contributed by atoms with Gasteiger partial charge in [0.05, 0.1) is 11.4 Å². The van der Waals surface area contributed by atoms with Gasteiger partial charge >= 0.3 is 0 Å². The van der Waals surface area contributed by atoms with Crippen molar-refractivity contribution in [3.63, 3.8) is 0 Å². The minimum atomic E-state index is -3.43. The van der Waals surface area contributed by atoms with E-state index in [1.807, 2.05) is 51.8 Å². The van der Waals surface area contributed by atoms with Gasteiger partial charge in [-0.3, -0.25) is 0 Å². The van der Waals surface area contributed by atoms with Crippen LogP contribution in [0.25, 0.3) is 0 Å². The van der Waals surface area contributed by atoms with Crippen LogP contribution in [0, 0.1) is 5.92 Å². The van der Waals surface area contributed by atoms with Crippen molar-refractivity contribution in [1.82, 2.24) is 14.5 Å². The van der Waals surface area contributed by atoms with E-state index >= 15 is 0 Å². The van der Waals surface area contributed by atoms with Crippen LogP contribution in [0.5, 0.6) is 0 Å². The zero-order valence-electron chi connectivity index (χ0n) is 15.3. The van der Waals surface area contributed by atoms with Crippen molar-refractivity contribution in [2.45, 2.75) is 25.3 Å². The van der Waals surface area contributed by atoms with Gasteiger partial charge in [0.25, 0.3) is 0 Å². The third-order valence-electron chi connectivity index (χ3n) is 3.12. The Morgan fingerprint density at radius 1 is 1.08 bits per heavy atom. The monoisotopic (exact) mass is 468 g/mol. The number of nitrogens with zero attached hydrogens (tertiary/aromatic N) is 3. The number of halogens is 1. The largest absolute Gasteiger partial charge is 0.349 e. The molecule has 0 aliphatic carbocycles. The second-order valence-corrected chi connectivity index (χ2v) is 8.06. The Bertz CT molecular complexity index is 616.